The molecule has 33 heavy (non-hydrogen) atoms. The molecule has 0 aromatic heterocycles. The molecule has 2 aromatic carbocycles. The van der Waals surface area contributed by atoms with E-state index in [1.807, 2.05) is 12.1 Å². The van der Waals surface area contributed by atoms with Gasteiger partial charge in [-0.25, -0.2) is 8.42 Å². The minimum Gasteiger partial charge on any atom is -0.482 e. The zero-order valence-corrected chi connectivity index (χ0v) is 18.9. The van der Waals surface area contributed by atoms with Crippen LogP contribution in [0.4, 0.5) is 30.2 Å². The van der Waals surface area contributed by atoms with Crippen LogP contribution in [0.2, 0.25) is 0 Å². The third-order valence-corrected chi connectivity index (χ3v) is 6.17. The van der Waals surface area contributed by atoms with Crippen LogP contribution in [0.3, 0.4) is 0 Å². The number of piperidine rings is 1. The topological polar surface area (TPSA) is 87.7 Å². The van der Waals surface area contributed by atoms with Gasteiger partial charge >= 0.3 is 6.18 Å². The van der Waals surface area contributed by atoms with Gasteiger partial charge in [0.25, 0.3) is 0 Å². The molecule has 1 amide bonds. The van der Waals surface area contributed by atoms with Crippen LogP contribution < -0.4 is 19.7 Å². The number of carbonyl (C=O) groups is 1. The van der Waals surface area contributed by atoms with E-state index in [2.05, 4.69) is 14.9 Å². The smallest absolute Gasteiger partial charge is 0.422 e. The fourth-order valence-corrected chi connectivity index (χ4v) is 4.46. The summed E-state index contributed by atoms with van der Waals surface area (Å²) in [7, 11) is -4.04. The SMILES string of the molecule is Cc1ccc(NC(=O)CS(=O)(=O)Nc2ccc(N3CCCCC3)cc2)c(OCC(F)(F)F)c1. The second-order valence-electron chi connectivity index (χ2n) is 7.91. The summed E-state index contributed by atoms with van der Waals surface area (Å²) in [6, 6.07) is 11.1. The van der Waals surface area contributed by atoms with Gasteiger partial charge in [-0.1, -0.05) is 6.07 Å². The lowest BCUT2D eigenvalue weighted by Gasteiger charge is -2.28. The highest BCUT2D eigenvalue weighted by Crippen LogP contribution is 2.28. The van der Waals surface area contributed by atoms with Crippen molar-refractivity contribution in [3.63, 3.8) is 0 Å². The van der Waals surface area contributed by atoms with E-state index < -0.39 is 34.5 Å². The molecule has 0 spiro atoms. The first-order chi connectivity index (χ1) is 15.5. The maximum absolute atomic E-state index is 12.5. The Hall–Kier alpha value is -2.95. The molecule has 1 heterocycles. The molecule has 1 aliphatic rings. The van der Waals surface area contributed by atoms with Crippen molar-refractivity contribution in [2.75, 3.05) is 40.4 Å². The third kappa shape index (κ3) is 7.85. The highest BCUT2D eigenvalue weighted by atomic mass is 32.2. The number of rotatable bonds is 8. The van der Waals surface area contributed by atoms with E-state index in [-0.39, 0.29) is 11.4 Å². The minimum atomic E-state index is -4.55. The van der Waals surface area contributed by atoms with Gasteiger partial charge in [0.1, 0.15) is 11.5 Å². The number of alkyl halides is 3. The summed E-state index contributed by atoms with van der Waals surface area (Å²) in [5, 5.41) is 2.31. The van der Waals surface area contributed by atoms with Crippen LogP contribution >= 0.6 is 0 Å². The quantitative estimate of drug-likeness (QED) is 0.582. The molecule has 0 bridgehead atoms. The monoisotopic (exact) mass is 485 g/mol. The summed E-state index contributed by atoms with van der Waals surface area (Å²) >= 11 is 0. The Kier molecular flexibility index (Phi) is 7.72. The minimum absolute atomic E-state index is 0.0454. The molecule has 0 radical (unpaired) electrons. The molecule has 2 aromatic rings. The summed E-state index contributed by atoms with van der Waals surface area (Å²) in [5.41, 5.74) is 1.89. The number of hydrogen-bond acceptors (Lipinski definition) is 5. The van der Waals surface area contributed by atoms with Crippen molar-refractivity contribution in [2.24, 2.45) is 0 Å². The van der Waals surface area contributed by atoms with E-state index in [0.29, 0.717) is 11.3 Å². The first kappa shape index (κ1) is 24.7. The maximum atomic E-state index is 12.5. The van der Waals surface area contributed by atoms with Crippen LogP contribution in [0.25, 0.3) is 0 Å². The number of amides is 1. The number of aryl methyl sites for hydroxylation is 1. The van der Waals surface area contributed by atoms with E-state index in [1.54, 1.807) is 25.1 Å². The molecule has 7 nitrogen and oxygen atoms in total. The van der Waals surface area contributed by atoms with Crippen LogP contribution in [-0.2, 0) is 14.8 Å². The van der Waals surface area contributed by atoms with Crippen LogP contribution in [0.5, 0.6) is 5.75 Å². The Morgan fingerprint density at radius 2 is 1.73 bits per heavy atom. The Balaban J connectivity index is 1.60. The maximum Gasteiger partial charge on any atom is 0.422 e. The van der Waals surface area contributed by atoms with Gasteiger partial charge in [-0.05, 0) is 68.1 Å². The van der Waals surface area contributed by atoms with E-state index in [9.17, 15) is 26.4 Å². The molecule has 11 heteroatoms. The summed E-state index contributed by atoms with van der Waals surface area (Å²) in [6.45, 7) is 2.03. The Morgan fingerprint density at radius 1 is 1.06 bits per heavy atom. The van der Waals surface area contributed by atoms with Crippen molar-refractivity contribution >= 4 is 33.0 Å². The van der Waals surface area contributed by atoms with Gasteiger partial charge in [0.15, 0.2) is 6.61 Å². The lowest BCUT2D eigenvalue weighted by atomic mass is 10.1. The van der Waals surface area contributed by atoms with Crippen LogP contribution in [-0.4, -0.2) is 46.0 Å². The van der Waals surface area contributed by atoms with Gasteiger partial charge < -0.3 is 15.0 Å². The zero-order chi connectivity index (χ0) is 24.1. The van der Waals surface area contributed by atoms with E-state index in [0.717, 1.165) is 31.6 Å². The number of carbonyl (C=O) groups excluding carboxylic acids is 1. The number of nitrogens with one attached hydrogen (secondary N) is 2. The van der Waals surface area contributed by atoms with Gasteiger partial charge in [-0.15, -0.1) is 0 Å². The van der Waals surface area contributed by atoms with Crippen LogP contribution in [0.1, 0.15) is 24.8 Å². The van der Waals surface area contributed by atoms with Crippen molar-refractivity contribution in [3.05, 3.63) is 48.0 Å². The predicted molar refractivity (Wildman–Crippen MR) is 121 cm³/mol. The number of halogens is 3. The Morgan fingerprint density at radius 3 is 2.36 bits per heavy atom. The molecule has 180 valence electrons. The fourth-order valence-electron chi connectivity index (χ4n) is 3.48. The summed E-state index contributed by atoms with van der Waals surface area (Å²) < 4.78 is 69.4. The van der Waals surface area contributed by atoms with Gasteiger partial charge in [0.2, 0.25) is 15.9 Å². The Labute approximate surface area is 191 Å². The number of hydrogen-bond donors (Lipinski definition) is 2. The molecule has 2 N–H and O–H groups in total. The van der Waals surface area contributed by atoms with Crippen LogP contribution in [0.15, 0.2) is 42.5 Å². The molecular weight excluding hydrogens is 459 g/mol. The van der Waals surface area contributed by atoms with Gasteiger partial charge in [-0.3, -0.25) is 9.52 Å². The van der Waals surface area contributed by atoms with E-state index >= 15 is 0 Å². The van der Waals surface area contributed by atoms with E-state index in [1.165, 1.54) is 18.6 Å². The first-order valence-electron chi connectivity index (χ1n) is 10.5. The predicted octanol–water partition coefficient (Wildman–Crippen LogP) is 4.31. The lowest BCUT2D eigenvalue weighted by molar-refractivity contribution is -0.153. The number of nitrogens with zero attached hydrogens (tertiary/aromatic N) is 1. The van der Waals surface area contributed by atoms with Crippen molar-refractivity contribution in [1.29, 1.82) is 0 Å². The molecule has 0 saturated carbocycles. The molecule has 1 aliphatic heterocycles. The number of benzene rings is 2. The highest BCUT2D eigenvalue weighted by molar-refractivity contribution is 7.93. The van der Waals surface area contributed by atoms with Crippen molar-refractivity contribution in [2.45, 2.75) is 32.4 Å². The average Bonchev–Trinajstić information content (AvgIpc) is 2.74. The van der Waals surface area contributed by atoms with Gasteiger partial charge in [0, 0.05) is 24.5 Å². The first-order valence-corrected chi connectivity index (χ1v) is 12.1. The standard InChI is InChI=1S/C22H26F3N3O4S/c1-16-5-10-19(20(13-16)32-15-22(23,24)25)26-21(29)14-33(30,31)27-17-6-8-18(9-7-17)28-11-3-2-4-12-28/h5-10,13,27H,2-4,11-12,14-15H2,1H3,(H,26,29). The largest absolute Gasteiger partial charge is 0.482 e. The third-order valence-electron chi connectivity index (χ3n) is 4.99. The van der Waals surface area contributed by atoms with E-state index in [4.69, 9.17) is 4.74 Å². The lowest BCUT2D eigenvalue weighted by Crippen LogP contribution is -2.29. The molecular formula is C22H26F3N3O4S. The molecule has 3 rings (SSSR count). The molecule has 1 fully saturated rings. The summed E-state index contributed by atoms with van der Waals surface area (Å²) in [5.74, 6) is -2.01. The summed E-state index contributed by atoms with van der Waals surface area (Å²) in [4.78, 5) is 14.5. The number of anilines is 3. The second-order valence-corrected chi connectivity index (χ2v) is 9.63. The molecule has 1 saturated heterocycles. The van der Waals surface area contributed by atoms with Crippen molar-refractivity contribution in [3.8, 4) is 5.75 Å². The fraction of sp³-hybridized carbons (Fsp3) is 0.409. The molecule has 0 aliphatic carbocycles. The van der Waals surface area contributed by atoms with Crippen molar-refractivity contribution < 1.29 is 31.1 Å². The second kappa shape index (κ2) is 10.3. The number of sulfonamides is 1. The summed E-state index contributed by atoms with van der Waals surface area (Å²) in [6.07, 6.45) is -1.11. The number of ether oxygens (including phenoxy) is 1. The van der Waals surface area contributed by atoms with Crippen molar-refractivity contribution in [1.82, 2.24) is 0 Å². The molecule has 0 unspecified atom stereocenters. The zero-order valence-electron chi connectivity index (χ0n) is 18.1. The average molecular weight is 486 g/mol. The van der Waals surface area contributed by atoms with Gasteiger partial charge in [0.05, 0.1) is 5.69 Å². The Bertz CT molecular complexity index is 1070. The molecule has 0 atom stereocenters. The normalized spacial score (nSPS) is 14.6. The van der Waals surface area contributed by atoms with Crippen LogP contribution in [0, 0.1) is 6.92 Å². The highest BCUT2D eigenvalue weighted by Gasteiger charge is 2.29. The van der Waals surface area contributed by atoms with Gasteiger partial charge in [-0.2, -0.15) is 13.2 Å².